The Balaban J connectivity index is 1.79. The maximum Gasteiger partial charge on any atom is 0.146 e. The standard InChI is InChI=1S/C15H24FN3/c1-12-10-19(11-13(2)18(12)3)9-8-17-15-7-5-4-6-14(15)16/h4-7,12-13,17H,8-11H2,1-3H3. The maximum absolute atomic E-state index is 13.4. The minimum absolute atomic E-state index is 0.178. The van der Waals surface area contributed by atoms with Crippen LogP contribution < -0.4 is 5.32 Å². The third-order valence-electron chi connectivity index (χ3n) is 4.05. The average Bonchev–Trinajstić information content (AvgIpc) is 2.38. The number of hydrogen-bond donors (Lipinski definition) is 1. The Bertz CT molecular complexity index is 398. The monoisotopic (exact) mass is 265 g/mol. The van der Waals surface area contributed by atoms with E-state index in [0.29, 0.717) is 17.8 Å². The van der Waals surface area contributed by atoms with Gasteiger partial charge in [-0.25, -0.2) is 4.39 Å². The van der Waals surface area contributed by atoms with Crippen molar-refractivity contribution in [3.8, 4) is 0 Å². The highest BCUT2D eigenvalue weighted by molar-refractivity contribution is 5.44. The number of nitrogens with one attached hydrogen (secondary N) is 1. The van der Waals surface area contributed by atoms with Gasteiger partial charge in [0.25, 0.3) is 0 Å². The van der Waals surface area contributed by atoms with E-state index in [1.807, 2.05) is 6.07 Å². The van der Waals surface area contributed by atoms with E-state index in [1.54, 1.807) is 12.1 Å². The molecule has 0 aliphatic carbocycles. The summed E-state index contributed by atoms with van der Waals surface area (Å²) in [6.45, 7) is 8.42. The van der Waals surface area contributed by atoms with E-state index in [-0.39, 0.29) is 5.82 Å². The number of rotatable bonds is 4. The first-order valence-corrected chi connectivity index (χ1v) is 7.00. The fourth-order valence-electron chi connectivity index (χ4n) is 2.65. The minimum Gasteiger partial charge on any atom is -0.381 e. The summed E-state index contributed by atoms with van der Waals surface area (Å²) < 4.78 is 13.4. The van der Waals surface area contributed by atoms with Crippen molar-refractivity contribution in [2.45, 2.75) is 25.9 Å². The molecule has 0 spiro atoms. The van der Waals surface area contributed by atoms with Crippen LogP contribution in [0.1, 0.15) is 13.8 Å². The van der Waals surface area contributed by atoms with Crippen LogP contribution in [0.4, 0.5) is 10.1 Å². The van der Waals surface area contributed by atoms with Gasteiger partial charge in [0.2, 0.25) is 0 Å². The number of halogens is 1. The molecule has 1 N–H and O–H groups in total. The summed E-state index contributed by atoms with van der Waals surface area (Å²) in [6.07, 6.45) is 0. The van der Waals surface area contributed by atoms with Crippen LogP contribution in [0.5, 0.6) is 0 Å². The Hall–Kier alpha value is -1.13. The van der Waals surface area contributed by atoms with Crippen molar-refractivity contribution in [2.24, 2.45) is 0 Å². The van der Waals surface area contributed by atoms with Gasteiger partial charge in [-0.05, 0) is 33.0 Å². The average molecular weight is 265 g/mol. The van der Waals surface area contributed by atoms with Crippen molar-refractivity contribution in [3.05, 3.63) is 30.1 Å². The van der Waals surface area contributed by atoms with Gasteiger partial charge in [-0.2, -0.15) is 0 Å². The van der Waals surface area contributed by atoms with Gasteiger partial charge in [-0.1, -0.05) is 12.1 Å². The van der Waals surface area contributed by atoms with Crippen LogP contribution in [-0.2, 0) is 0 Å². The Morgan fingerprint density at radius 2 is 1.84 bits per heavy atom. The molecule has 0 amide bonds. The summed E-state index contributed by atoms with van der Waals surface area (Å²) in [5.41, 5.74) is 0.595. The largest absolute Gasteiger partial charge is 0.381 e. The third kappa shape index (κ3) is 3.67. The van der Waals surface area contributed by atoms with Gasteiger partial charge in [-0.3, -0.25) is 9.80 Å². The molecule has 0 bridgehead atoms. The summed E-state index contributed by atoms with van der Waals surface area (Å²) in [5.74, 6) is -0.178. The molecule has 1 aromatic rings. The number of hydrogen-bond acceptors (Lipinski definition) is 3. The molecule has 0 aromatic heterocycles. The van der Waals surface area contributed by atoms with Crippen LogP contribution in [0.3, 0.4) is 0 Å². The second kappa shape index (κ2) is 6.35. The second-order valence-corrected chi connectivity index (χ2v) is 5.53. The first-order valence-electron chi connectivity index (χ1n) is 7.00. The zero-order chi connectivity index (χ0) is 13.8. The van der Waals surface area contributed by atoms with Crippen LogP contribution in [0.15, 0.2) is 24.3 Å². The van der Waals surface area contributed by atoms with Gasteiger partial charge >= 0.3 is 0 Å². The Morgan fingerprint density at radius 1 is 1.21 bits per heavy atom. The summed E-state index contributed by atoms with van der Waals surface area (Å²) in [4.78, 5) is 4.87. The first-order chi connectivity index (χ1) is 9.08. The van der Waals surface area contributed by atoms with E-state index in [2.05, 4.69) is 36.0 Å². The number of benzene rings is 1. The van der Waals surface area contributed by atoms with Crippen molar-refractivity contribution in [3.63, 3.8) is 0 Å². The van der Waals surface area contributed by atoms with Crippen LogP contribution in [0.2, 0.25) is 0 Å². The second-order valence-electron chi connectivity index (χ2n) is 5.53. The highest BCUT2D eigenvalue weighted by Gasteiger charge is 2.25. The molecule has 1 aliphatic heterocycles. The molecule has 1 aromatic carbocycles. The normalized spacial score (nSPS) is 25.5. The third-order valence-corrected chi connectivity index (χ3v) is 4.05. The maximum atomic E-state index is 13.4. The van der Waals surface area contributed by atoms with Gasteiger partial charge in [0.1, 0.15) is 5.82 Å². The molecule has 2 atom stereocenters. The highest BCUT2D eigenvalue weighted by atomic mass is 19.1. The Labute approximate surface area is 115 Å². The topological polar surface area (TPSA) is 18.5 Å². The number of likely N-dealkylation sites (N-methyl/N-ethyl adjacent to an activating group) is 1. The van der Waals surface area contributed by atoms with E-state index in [4.69, 9.17) is 0 Å². The smallest absolute Gasteiger partial charge is 0.146 e. The fourth-order valence-corrected chi connectivity index (χ4v) is 2.65. The van der Waals surface area contributed by atoms with Crippen LogP contribution in [0.25, 0.3) is 0 Å². The molecular weight excluding hydrogens is 241 g/mol. The van der Waals surface area contributed by atoms with Crippen molar-refractivity contribution >= 4 is 5.69 Å². The van der Waals surface area contributed by atoms with E-state index in [9.17, 15) is 4.39 Å². The first kappa shape index (κ1) is 14.3. The van der Waals surface area contributed by atoms with Gasteiger partial charge in [0, 0.05) is 38.3 Å². The lowest BCUT2D eigenvalue weighted by Crippen LogP contribution is -2.55. The SMILES string of the molecule is CC1CN(CCNc2ccccc2F)CC(C)N1C. The number of piperazine rings is 1. The van der Waals surface area contributed by atoms with Gasteiger partial charge in [0.15, 0.2) is 0 Å². The summed E-state index contributed by atoms with van der Waals surface area (Å²) in [7, 11) is 2.18. The van der Waals surface area contributed by atoms with Crippen LogP contribution >= 0.6 is 0 Å². The van der Waals surface area contributed by atoms with E-state index in [1.165, 1.54) is 6.07 Å². The van der Waals surface area contributed by atoms with Crippen molar-refractivity contribution in [1.29, 1.82) is 0 Å². The summed E-state index contributed by atoms with van der Waals surface area (Å²) >= 11 is 0. The van der Waals surface area contributed by atoms with Crippen LogP contribution in [0, 0.1) is 5.82 Å². The summed E-state index contributed by atoms with van der Waals surface area (Å²) in [5, 5.41) is 3.17. The summed E-state index contributed by atoms with van der Waals surface area (Å²) in [6, 6.07) is 8.00. The molecule has 1 heterocycles. The molecule has 2 unspecified atom stereocenters. The lowest BCUT2D eigenvalue weighted by molar-refractivity contribution is 0.0626. The van der Waals surface area contributed by atoms with E-state index in [0.717, 1.165) is 26.2 Å². The zero-order valence-electron chi connectivity index (χ0n) is 12.1. The fraction of sp³-hybridized carbons (Fsp3) is 0.600. The predicted molar refractivity (Wildman–Crippen MR) is 78.0 cm³/mol. The highest BCUT2D eigenvalue weighted by Crippen LogP contribution is 2.14. The molecule has 0 saturated carbocycles. The van der Waals surface area contributed by atoms with Gasteiger partial charge in [0.05, 0.1) is 5.69 Å². The van der Waals surface area contributed by atoms with Crippen molar-refractivity contribution < 1.29 is 4.39 Å². The van der Waals surface area contributed by atoms with E-state index >= 15 is 0 Å². The van der Waals surface area contributed by atoms with Crippen molar-refractivity contribution in [1.82, 2.24) is 9.80 Å². The minimum atomic E-state index is -0.178. The molecule has 3 nitrogen and oxygen atoms in total. The Kier molecular flexibility index (Phi) is 4.77. The number of para-hydroxylation sites is 1. The molecule has 1 fully saturated rings. The molecule has 19 heavy (non-hydrogen) atoms. The lowest BCUT2D eigenvalue weighted by Gasteiger charge is -2.42. The Morgan fingerprint density at radius 3 is 2.47 bits per heavy atom. The lowest BCUT2D eigenvalue weighted by atomic mass is 10.1. The van der Waals surface area contributed by atoms with Crippen molar-refractivity contribution in [2.75, 3.05) is 38.5 Å². The quantitative estimate of drug-likeness (QED) is 0.901. The molecule has 4 heteroatoms. The van der Waals surface area contributed by atoms with Gasteiger partial charge in [-0.15, -0.1) is 0 Å². The van der Waals surface area contributed by atoms with Crippen LogP contribution in [-0.4, -0.2) is 55.1 Å². The predicted octanol–water partition coefficient (Wildman–Crippen LogP) is 2.26. The molecule has 1 aliphatic rings. The molecular formula is C15H24FN3. The molecule has 1 saturated heterocycles. The zero-order valence-corrected chi connectivity index (χ0v) is 12.1. The molecule has 2 rings (SSSR count). The number of nitrogens with zero attached hydrogens (tertiary/aromatic N) is 2. The molecule has 106 valence electrons. The van der Waals surface area contributed by atoms with Gasteiger partial charge < -0.3 is 5.32 Å². The number of anilines is 1. The van der Waals surface area contributed by atoms with E-state index < -0.39 is 0 Å². The molecule has 0 radical (unpaired) electrons.